The highest BCUT2D eigenvalue weighted by molar-refractivity contribution is 6.30. The first-order chi connectivity index (χ1) is 34.3. The van der Waals surface area contributed by atoms with Crippen LogP contribution in [0.5, 0.6) is 0 Å². The lowest BCUT2D eigenvalue weighted by Crippen LogP contribution is -2.49. The molecule has 4 fully saturated rings. The summed E-state index contributed by atoms with van der Waals surface area (Å²) in [4.78, 5) is 84.7. The van der Waals surface area contributed by atoms with E-state index in [0.717, 1.165) is 25.7 Å². The van der Waals surface area contributed by atoms with E-state index in [0.29, 0.717) is 107 Å². The van der Waals surface area contributed by atoms with E-state index in [9.17, 15) is 28.8 Å². The third-order valence-electron chi connectivity index (χ3n) is 12.9. The first-order valence-electron chi connectivity index (χ1n) is 23.2. The number of para-hydroxylation sites is 2. The van der Waals surface area contributed by atoms with Crippen LogP contribution in [0.2, 0.25) is 10.0 Å². The summed E-state index contributed by atoms with van der Waals surface area (Å²) in [7, 11) is 0. The normalized spacial score (nSPS) is 20.3. The van der Waals surface area contributed by atoms with Crippen LogP contribution in [0.1, 0.15) is 72.5 Å². The Labute approximate surface area is 417 Å². The number of ether oxygens (including phenoxy) is 2. The number of halogens is 2. The molecule has 2 aliphatic carbocycles. The van der Waals surface area contributed by atoms with E-state index in [2.05, 4.69) is 25.9 Å². The Hall–Kier alpha value is -7.06. The second-order valence-electron chi connectivity index (χ2n) is 17.4. The van der Waals surface area contributed by atoms with Gasteiger partial charge in [0, 0.05) is 54.3 Å². The van der Waals surface area contributed by atoms with Crippen LogP contribution < -0.4 is 21.7 Å². The minimum absolute atomic E-state index is 0.00361. The van der Waals surface area contributed by atoms with Gasteiger partial charge in [0.1, 0.15) is 41.7 Å². The largest absolute Gasteiger partial charge is 0.481 e. The maximum absolute atomic E-state index is 13.2. The summed E-state index contributed by atoms with van der Waals surface area (Å²) >= 11 is 11.6. The number of carbonyl (C=O) groups is 6. The SMILES string of the molecule is Nc1c(C(=O)Nc2ccc(Cl)cn2)oc2ccccc12.O=C(Nc1ccc(Cl)cn1)c1oc2ccccc2c1NC(=O)C1CCC(N2CCOCC2=O)CC1.O=C(O)C1CCC(N2CCOCC2=O)CC1. The third-order valence-corrected chi connectivity index (χ3v) is 13.3. The molecule has 2 saturated carbocycles. The minimum Gasteiger partial charge on any atom is -0.481 e. The Morgan fingerprint density at radius 3 is 1.55 bits per heavy atom. The maximum Gasteiger partial charge on any atom is 0.306 e. The molecule has 4 aromatic heterocycles. The molecular weight excluding hydrogens is 960 g/mol. The fraction of sp³-hybridized carbons (Fsp3) is 0.360. The number of nitrogens with two attached hydrogens (primary N) is 1. The molecule has 2 aliphatic heterocycles. The molecule has 21 heteroatoms. The lowest BCUT2D eigenvalue weighted by molar-refractivity contribution is -0.148. The molecule has 6 N–H and O–H groups in total. The second kappa shape index (κ2) is 23.2. The number of hydrogen-bond acceptors (Lipinski definition) is 13. The van der Waals surface area contributed by atoms with Crippen molar-refractivity contribution in [2.45, 2.75) is 63.5 Å². The van der Waals surface area contributed by atoms with E-state index in [1.807, 2.05) is 28.0 Å². The van der Waals surface area contributed by atoms with Gasteiger partial charge in [0.25, 0.3) is 11.8 Å². The van der Waals surface area contributed by atoms with E-state index in [1.165, 1.54) is 12.4 Å². The van der Waals surface area contributed by atoms with Crippen molar-refractivity contribution in [3.8, 4) is 0 Å². The van der Waals surface area contributed by atoms with Crippen LogP contribution in [0.25, 0.3) is 21.9 Å². The van der Waals surface area contributed by atoms with E-state index < -0.39 is 17.8 Å². The Balaban J connectivity index is 0.000000158. The molecule has 10 rings (SSSR count). The monoisotopic (exact) mass is 1010 g/mol. The molecule has 5 amide bonds. The molecule has 0 unspecified atom stereocenters. The average molecular weight is 1010 g/mol. The van der Waals surface area contributed by atoms with Crippen LogP contribution in [-0.4, -0.2) is 112 Å². The Bertz CT molecular complexity index is 2880. The summed E-state index contributed by atoms with van der Waals surface area (Å²) in [5.74, 6) is -1.45. The number of nitrogen functional groups attached to an aromatic ring is 1. The first-order valence-corrected chi connectivity index (χ1v) is 24.0. The van der Waals surface area contributed by atoms with Gasteiger partial charge in [-0.2, -0.15) is 0 Å². The number of carboxylic acid groups (broad SMARTS) is 1. The number of amides is 5. The number of benzene rings is 2. The number of carboxylic acids is 1. The fourth-order valence-electron chi connectivity index (χ4n) is 9.15. The molecule has 0 bridgehead atoms. The van der Waals surface area contributed by atoms with Gasteiger partial charge in [0.15, 0.2) is 0 Å². The van der Waals surface area contributed by atoms with E-state index in [4.69, 9.17) is 52.4 Å². The Morgan fingerprint density at radius 1 is 0.606 bits per heavy atom. The van der Waals surface area contributed by atoms with Crippen LogP contribution in [0.4, 0.5) is 23.0 Å². The van der Waals surface area contributed by atoms with Gasteiger partial charge in [-0.3, -0.25) is 28.8 Å². The van der Waals surface area contributed by atoms with Crippen molar-refractivity contribution in [2.75, 3.05) is 61.2 Å². The van der Waals surface area contributed by atoms with Gasteiger partial charge in [-0.25, -0.2) is 9.97 Å². The number of rotatable bonds is 9. The van der Waals surface area contributed by atoms with Crippen LogP contribution in [0.15, 0.2) is 94.0 Å². The lowest BCUT2D eigenvalue weighted by atomic mass is 9.84. The number of morpholine rings is 2. The van der Waals surface area contributed by atoms with E-state index in [1.54, 1.807) is 54.6 Å². The van der Waals surface area contributed by atoms with Crippen molar-refractivity contribution in [1.29, 1.82) is 0 Å². The minimum atomic E-state index is -0.702. The lowest BCUT2D eigenvalue weighted by Gasteiger charge is -2.38. The zero-order chi connectivity index (χ0) is 50.0. The van der Waals surface area contributed by atoms with Crippen molar-refractivity contribution in [3.63, 3.8) is 0 Å². The van der Waals surface area contributed by atoms with Gasteiger partial charge in [-0.05, 0) is 99.9 Å². The fourth-order valence-corrected chi connectivity index (χ4v) is 9.37. The molecule has 19 nitrogen and oxygen atoms in total. The molecule has 0 atom stereocenters. The van der Waals surface area contributed by atoms with Gasteiger partial charge in [-0.15, -0.1) is 0 Å². The van der Waals surface area contributed by atoms with Crippen LogP contribution in [0.3, 0.4) is 0 Å². The van der Waals surface area contributed by atoms with Crippen molar-refractivity contribution >= 4 is 104 Å². The van der Waals surface area contributed by atoms with Crippen molar-refractivity contribution in [1.82, 2.24) is 19.8 Å². The van der Waals surface area contributed by atoms with E-state index >= 15 is 0 Å². The molecule has 2 aromatic carbocycles. The topological polar surface area (TPSA) is 262 Å². The van der Waals surface area contributed by atoms with Crippen molar-refractivity contribution in [3.05, 3.63) is 107 Å². The number of pyridine rings is 2. The zero-order valence-electron chi connectivity index (χ0n) is 38.4. The molecule has 6 aromatic rings. The summed E-state index contributed by atoms with van der Waals surface area (Å²) < 4.78 is 21.6. The second-order valence-corrected chi connectivity index (χ2v) is 18.3. The molecule has 6 heterocycles. The summed E-state index contributed by atoms with van der Waals surface area (Å²) in [6.07, 6.45) is 8.69. The summed E-state index contributed by atoms with van der Waals surface area (Å²) in [5.41, 5.74) is 7.63. The van der Waals surface area contributed by atoms with Gasteiger partial charge < -0.3 is 54.9 Å². The number of furan rings is 2. The molecule has 0 radical (unpaired) electrons. The number of aromatic nitrogens is 2. The van der Waals surface area contributed by atoms with Crippen molar-refractivity contribution in [2.24, 2.45) is 11.8 Å². The number of anilines is 4. The predicted molar refractivity (Wildman–Crippen MR) is 264 cm³/mol. The van der Waals surface area contributed by atoms with Crippen LogP contribution in [0, 0.1) is 11.8 Å². The van der Waals surface area contributed by atoms with Gasteiger partial charge >= 0.3 is 5.97 Å². The molecule has 0 spiro atoms. The number of carbonyl (C=O) groups excluding carboxylic acids is 5. The number of nitrogens with one attached hydrogen (secondary N) is 3. The summed E-state index contributed by atoms with van der Waals surface area (Å²) in [5, 5.41) is 19.4. The first kappa shape index (κ1) is 50.3. The molecule has 372 valence electrons. The third kappa shape index (κ3) is 12.5. The van der Waals surface area contributed by atoms with Crippen LogP contribution >= 0.6 is 23.2 Å². The highest BCUT2D eigenvalue weighted by Gasteiger charge is 2.35. The quantitative estimate of drug-likeness (QED) is 0.0923. The highest BCUT2D eigenvalue weighted by atomic mass is 35.5. The van der Waals surface area contributed by atoms with Gasteiger partial charge in [0.2, 0.25) is 29.2 Å². The van der Waals surface area contributed by atoms with E-state index in [-0.39, 0.29) is 66.4 Å². The summed E-state index contributed by atoms with van der Waals surface area (Å²) in [6, 6.07) is 21.1. The molecule has 71 heavy (non-hydrogen) atoms. The predicted octanol–water partition coefficient (Wildman–Crippen LogP) is 7.89. The molecule has 2 saturated heterocycles. The highest BCUT2D eigenvalue weighted by Crippen LogP contribution is 2.35. The number of nitrogens with zero attached hydrogens (tertiary/aromatic N) is 4. The maximum atomic E-state index is 13.2. The van der Waals surface area contributed by atoms with Gasteiger partial charge in [-0.1, -0.05) is 47.5 Å². The smallest absolute Gasteiger partial charge is 0.306 e. The Morgan fingerprint density at radius 2 is 1.07 bits per heavy atom. The Kier molecular flexibility index (Phi) is 16.5. The molecular formula is C50H52Cl2N8O11. The number of hydrogen-bond donors (Lipinski definition) is 5. The zero-order valence-corrected chi connectivity index (χ0v) is 40.0. The molecule has 4 aliphatic rings. The number of fused-ring (bicyclic) bond motifs is 2. The van der Waals surface area contributed by atoms with Crippen LogP contribution in [-0.2, 0) is 28.7 Å². The number of aliphatic carboxylic acids is 1. The van der Waals surface area contributed by atoms with Crippen molar-refractivity contribution < 1.29 is 52.2 Å². The summed E-state index contributed by atoms with van der Waals surface area (Å²) in [6.45, 7) is 2.72. The standard InChI is InChI=1S/C25H25ClN4O5.C14H10ClN3O2.C11H17NO4/c26-16-7-10-20(27-13-16)28-25(33)23-22(18-3-1-2-4-19(18)35-23)29-24(32)15-5-8-17(9-6-15)30-11-12-34-14-21(30)31;15-8-5-6-11(17-7-8)18-14(19)13-12(16)9-3-1-2-4-10(9)20-13;13-10-7-16-6-5-12(10)9-3-1-8(2-4-9)11(14)15/h1-4,7,10,13,15,17H,5-6,8-9,11-12,14H2,(H,29,32)(H,27,28,33);1-7H,16H2,(H,17,18,19);8-9H,1-7H2,(H,14,15). The van der Waals surface area contributed by atoms with Gasteiger partial charge in [0.05, 0.1) is 34.9 Å². The average Bonchev–Trinajstić information content (AvgIpc) is 3.93.